The predicted octanol–water partition coefficient (Wildman–Crippen LogP) is 4.78. The molecule has 0 bridgehead atoms. The van der Waals surface area contributed by atoms with Crippen LogP contribution in [0, 0.1) is 0 Å². The van der Waals surface area contributed by atoms with Gasteiger partial charge in [-0.2, -0.15) is 0 Å². The highest BCUT2D eigenvalue weighted by Crippen LogP contribution is 2.37. The van der Waals surface area contributed by atoms with Crippen molar-refractivity contribution in [1.29, 1.82) is 0 Å². The lowest BCUT2D eigenvalue weighted by molar-refractivity contribution is 0.415. The maximum absolute atomic E-state index is 5.85. The van der Waals surface area contributed by atoms with Gasteiger partial charge in [-0.25, -0.2) is 9.97 Å². The van der Waals surface area contributed by atoms with Crippen molar-refractivity contribution in [2.45, 2.75) is 0 Å². The predicted molar refractivity (Wildman–Crippen MR) is 82.1 cm³/mol. The summed E-state index contributed by atoms with van der Waals surface area (Å²) < 4.78 is 7.24. The van der Waals surface area contributed by atoms with Crippen molar-refractivity contribution < 1.29 is 4.74 Å². The fraction of sp³-hybridized carbons (Fsp3) is 0.0769. The molecule has 2 aromatic heterocycles. The van der Waals surface area contributed by atoms with Crippen molar-refractivity contribution in [2.24, 2.45) is 0 Å². The van der Waals surface area contributed by atoms with Crippen LogP contribution >= 0.6 is 38.9 Å². The lowest BCUT2D eigenvalue weighted by Crippen LogP contribution is -1.86. The van der Waals surface area contributed by atoms with Gasteiger partial charge in [0, 0.05) is 10.9 Å². The van der Waals surface area contributed by atoms with Crippen LogP contribution in [-0.4, -0.2) is 17.1 Å². The molecule has 0 atom stereocenters. The molecule has 0 amide bonds. The number of halogens is 2. The first-order valence-electron chi connectivity index (χ1n) is 5.43. The largest absolute Gasteiger partial charge is 0.497 e. The summed E-state index contributed by atoms with van der Waals surface area (Å²) in [5.41, 5.74) is 0.806. The van der Waals surface area contributed by atoms with Crippen LogP contribution in [0.2, 0.25) is 5.28 Å². The summed E-state index contributed by atoms with van der Waals surface area (Å²) in [6.07, 6.45) is 1.66. The monoisotopic (exact) mass is 354 g/mol. The molecule has 3 rings (SSSR count). The maximum Gasteiger partial charge on any atom is 0.222 e. The molecule has 0 aliphatic heterocycles. The van der Waals surface area contributed by atoms with Crippen LogP contribution in [-0.2, 0) is 0 Å². The Hall–Kier alpha value is -1.17. The Morgan fingerprint density at radius 1 is 1.32 bits per heavy atom. The number of aromatic nitrogens is 2. The van der Waals surface area contributed by atoms with E-state index >= 15 is 0 Å². The van der Waals surface area contributed by atoms with E-state index in [4.69, 9.17) is 16.3 Å². The Morgan fingerprint density at radius 3 is 2.95 bits per heavy atom. The molecule has 3 nitrogen and oxygen atoms in total. The Bertz CT molecular complexity index is 759. The van der Waals surface area contributed by atoms with Gasteiger partial charge in [-0.15, -0.1) is 11.3 Å². The molecule has 0 unspecified atom stereocenters. The van der Waals surface area contributed by atoms with Crippen LogP contribution in [0.25, 0.3) is 20.7 Å². The number of thiophene rings is 1. The number of nitrogens with zero attached hydrogens (tertiary/aromatic N) is 2. The Balaban J connectivity index is 2.17. The van der Waals surface area contributed by atoms with Crippen LogP contribution in [0.15, 0.2) is 34.9 Å². The number of fused-ring (bicyclic) bond motifs is 1. The number of methoxy groups -OCH3 is 1. The molecule has 6 heteroatoms. The third kappa shape index (κ3) is 2.45. The first-order valence-corrected chi connectivity index (χ1v) is 7.42. The quantitative estimate of drug-likeness (QED) is 0.620. The molecule has 0 saturated carbocycles. The first kappa shape index (κ1) is 12.8. The topological polar surface area (TPSA) is 35.0 Å². The van der Waals surface area contributed by atoms with Crippen LogP contribution in [0.4, 0.5) is 0 Å². The number of benzene rings is 1. The summed E-state index contributed by atoms with van der Waals surface area (Å²) >= 11 is 11.0. The molecule has 0 saturated heterocycles. The van der Waals surface area contributed by atoms with Crippen LogP contribution in [0.5, 0.6) is 5.75 Å². The van der Waals surface area contributed by atoms with Crippen molar-refractivity contribution in [3.8, 4) is 16.3 Å². The van der Waals surface area contributed by atoms with E-state index < -0.39 is 0 Å². The van der Waals surface area contributed by atoms with Gasteiger partial charge in [-0.05, 0) is 57.2 Å². The van der Waals surface area contributed by atoms with Crippen molar-refractivity contribution in [3.63, 3.8) is 0 Å². The minimum atomic E-state index is 0.244. The molecule has 0 aliphatic carbocycles. The van der Waals surface area contributed by atoms with Gasteiger partial charge in [0.1, 0.15) is 5.75 Å². The molecule has 0 spiro atoms. The van der Waals surface area contributed by atoms with E-state index in [1.807, 2.05) is 18.2 Å². The highest BCUT2D eigenvalue weighted by molar-refractivity contribution is 9.10. The van der Waals surface area contributed by atoms with Gasteiger partial charge in [0.2, 0.25) is 5.28 Å². The van der Waals surface area contributed by atoms with Crippen molar-refractivity contribution in [3.05, 3.63) is 40.2 Å². The van der Waals surface area contributed by atoms with E-state index in [-0.39, 0.29) is 5.28 Å². The van der Waals surface area contributed by atoms with Crippen molar-refractivity contribution >= 4 is 49.0 Å². The fourth-order valence-corrected chi connectivity index (χ4v) is 3.50. The molecule has 0 N–H and O–H groups in total. The molecule has 0 radical (unpaired) electrons. The number of hydrogen-bond acceptors (Lipinski definition) is 4. The maximum atomic E-state index is 5.85. The van der Waals surface area contributed by atoms with E-state index in [1.54, 1.807) is 24.6 Å². The standard InChI is InChI=1S/C13H8BrClN2OS/c1-18-8-2-3-10-7(4-8)5-11(19-10)12-9(14)6-16-13(15)17-12/h2-6H,1H3. The molecular formula is C13H8BrClN2OS. The van der Waals surface area contributed by atoms with Gasteiger partial charge >= 0.3 is 0 Å². The van der Waals surface area contributed by atoms with Crippen molar-refractivity contribution in [1.82, 2.24) is 9.97 Å². The van der Waals surface area contributed by atoms with E-state index in [0.29, 0.717) is 0 Å². The molecule has 0 fully saturated rings. The van der Waals surface area contributed by atoms with Gasteiger partial charge in [0.15, 0.2) is 0 Å². The fourth-order valence-electron chi connectivity index (χ4n) is 1.78. The zero-order chi connectivity index (χ0) is 13.4. The molecule has 3 aromatic rings. The van der Waals surface area contributed by atoms with Gasteiger partial charge in [0.05, 0.1) is 22.2 Å². The van der Waals surface area contributed by atoms with Gasteiger partial charge in [-0.1, -0.05) is 0 Å². The first-order chi connectivity index (χ1) is 9.17. The molecular weight excluding hydrogens is 348 g/mol. The zero-order valence-corrected chi connectivity index (χ0v) is 13.0. The SMILES string of the molecule is COc1ccc2sc(-c3nc(Cl)ncc3Br)cc2c1. The second kappa shape index (κ2) is 5.07. The lowest BCUT2D eigenvalue weighted by Gasteiger charge is -1.99. The smallest absolute Gasteiger partial charge is 0.222 e. The van der Waals surface area contributed by atoms with E-state index in [0.717, 1.165) is 26.2 Å². The highest BCUT2D eigenvalue weighted by atomic mass is 79.9. The minimum Gasteiger partial charge on any atom is -0.497 e. The third-order valence-electron chi connectivity index (χ3n) is 2.67. The average Bonchev–Trinajstić information content (AvgIpc) is 2.83. The molecule has 2 heterocycles. The van der Waals surface area contributed by atoms with E-state index in [9.17, 15) is 0 Å². The summed E-state index contributed by atoms with van der Waals surface area (Å²) in [5.74, 6) is 0.844. The highest BCUT2D eigenvalue weighted by Gasteiger charge is 2.11. The second-order valence-corrected chi connectivity index (χ2v) is 6.13. The Kier molecular flexibility index (Phi) is 3.43. The number of ether oxygens (including phenoxy) is 1. The average molecular weight is 356 g/mol. The summed E-state index contributed by atoms with van der Waals surface area (Å²) in [7, 11) is 1.66. The molecule has 19 heavy (non-hydrogen) atoms. The summed E-state index contributed by atoms with van der Waals surface area (Å²) in [5, 5.41) is 1.37. The zero-order valence-electron chi connectivity index (χ0n) is 9.85. The second-order valence-electron chi connectivity index (χ2n) is 3.85. The molecule has 0 aliphatic rings. The summed E-state index contributed by atoms with van der Waals surface area (Å²) in [6.45, 7) is 0. The van der Waals surface area contributed by atoms with Crippen LogP contribution in [0.1, 0.15) is 0 Å². The van der Waals surface area contributed by atoms with Crippen LogP contribution < -0.4 is 4.74 Å². The molecule has 1 aromatic carbocycles. The van der Waals surface area contributed by atoms with Crippen molar-refractivity contribution in [2.75, 3.05) is 7.11 Å². The number of rotatable bonds is 2. The van der Waals surface area contributed by atoms with Gasteiger partial charge in [0.25, 0.3) is 0 Å². The van der Waals surface area contributed by atoms with E-state index in [1.165, 1.54) is 4.70 Å². The molecule has 96 valence electrons. The summed E-state index contributed by atoms with van der Waals surface area (Å²) in [4.78, 5) is 9.25. The lowest BCUT2D eigenvalue weighted by atomic mass is 10.2. The Labute approximate surface area is 127 Å². The van der Waals surface area contributed by atoms with Gasteiger partial charge < -0.3 is 4.74 Å². The minimum absolute atomic E-state index is 0.244. The summed E-state index contributed by atoms with van der Waals surface area (Å²) in [6, 6.07) is 8.07. The number of hydrogen-bond donors (Lipinski definition) is 0. The van der Waals surface area contributed by atoms with Gasteiger partial charge in [-0.3, -0.25) is 0 Å². The third-order valence-corrected chi connectivity index (χ3v) is 4.56. The van der Waals surface area contributed by atoms with E-state index in [2.05, 4.69) is 32.0 Å². The normalized spacial score (nSPS) is 10.9. The van der Waals surface area contributed by atoms with Crippen LogP contribution in [0.3, 0.4) is 0 Å². The Morgan fingerprint density at radius 2 is 2.16 bits per heavy atom.